The van der Waals surface area contributed by atoms with E-state index in [4.69, 9.17) is 9.41 Å². The number of para-hydroxylation sites is 2. The lowest BCUT2D eigenvalue weighted by molar-refractivity contribution is -0.470. The highest BCUT2D eigenvalue weighted by molar-refractivity contribution is 6.07. The zero-order chi connectivity index (χ0) is 22.7. The van der Waals surface area contributed by atoms with Crippen LogP contribution in [0.4, 0.5) is 5.69 Å². The summed E-state index contributed by atoms with van der Waals surface area (Å²) < 4.78 is 10.8. The SMILES string of the molecule is CN(C)C(c1oc2ccccc2c(=Nc2ccccc2)c1C(N(C)C)=[N+](C)C)=[N+](C)C. The molecule has 0 bridgehead atoms. The third kappa shape index (κ3) is 4.53. The largest absolute Gasteiger partial charge is 0.447 e. The Bertz CT molecular complexity index is 1210. The molecule has 0 radical (unpaired) electrons. The number of hydrogen-bond donors (Lipinski definition) is 0. The van der Waals surface area contributed by atoms with Crippen molar-refractivity contribution in [3.63, 3.8) is 0 Å². The van der Waals surface area contributed by atoms with Crippen LogP contribution in [0.2, 0.25) is 0 Å². The van der Waals surface area contributed by atoms with Crippen LogP contribution in [-0.2, 0) is 0 Å². The van der Waals surface area contributed by atoms with Gasteiger partial charge in [0.25, 0.3) is 5.84 Å². The average molecular weight is 420 g/mol. The van der Waals surface area contributed by atoms with Gasteiger partial charge < -0.3 is 4.42 Å². The number of benzene rings is 2. The maximum Gasteiger partial charge on any atom is 0.315 e. The Kier molecular flexibility index (Phi) is 6.59. The Labute approximate surface area is 184 Å². The summed E-state index contributed by atoms with van der Waals surface area (Å²) in [6.07, 6.45) is 0. The van der Waals surface area contributed by atoms with Crippen LogP contribution in [-0.4, -0.2) is 87.0 Å². The molecule has 0 aliphatic heterocycles. The molecule has 1 heterocycles. The lowest BCUT2D eigenvalue weighted by Gasteiger charge is -2.18. The second-order valence-corrected chi connectivity index (χ2v) is 8.32. The molecule has 3 aromatic rings. The molecule has 162 valence electrons. The maximum atomic E-state index is 6.58. The predicted molar refractivity (Wildman–Crippen MR) is 128 cm³/mol. The first-order chi connectivity index (χ1) is 14.7. The van der Waals surface area contributed by atoms with Gasteiger partial charge in [-0.2, -0.15) is 0 Å². The highest BCUT2D eigenvalue weighted by atomic mass is 16.3. The predicted octanol–water partition coefficient (Wildman–Crippen LogP) is 2.83. The molecule has 31 heavy (non-hydrogen) atoms. The van der Waals surface area contributed by atoms with Crippen molar-refractivity contribution in [2.45, 2.75) is 0 Å². The Hall–Kier alpha value is -3.41. The Balaban J connectivity index is 2.65. The number of nitrogens with zero attached hydrogens (tertiary/aromatic N) is 5. The van der Waals surface area contributed by atoms with Crippen molar-refractivity contribution >= 4 is 28.3 Å². The third-order valence-corrected chi connectivity index (χ3v) is 4.94. The molecule has 0 saturated heterocycles. The molecule has 6 heteroatoms. The summed E-state index contributed by atoms with van der Waals surface area (Å²) in [6, 6.07) is 18.2. The van der Waals surface area contributed by atoms with Gasteiger partial charge in [0, 0.05) is 5.39 Å². The van der Waals surface area contributed by atoms with Gasteiger partial charge in [-0.25, -0.2) is 4.99 Å². The van der Waals surface area contributed by atoms with Gasteiger partial charge in [-0.05, 0) is 24.3 Å². The van der Waals surface area contributed by atoms with E-state index in [1.165, 1.54) is 0 Å². The highest BCUT2D eigenvalue weighted by Gasteiger charge is 2.32. The standard InChI is InChI=1S/C25H33N5O/c1-27(2)24(28(3)4)21-22(26-18-14-10-9-11-15-18)19-16-12-13-17-20(19)31-23(21)25(29(5)6)30(7)8/h9-17H,1-8H3/q+2. The monoisotopic (exact) mass is 419 g/mol. The van der Waals surface area contributed by atoms with Crippen LogP contribution in [0.25, 0.3) is 11.0 Å². The smallest absolute Gasteiger partial charge is 0.315 e. The topological polar surface area (TPSA) is 38.0 Å². The fourth-order valence-corrected chi connectivity index (χ4v) is 3.92. The first kappa shape index (κ1) is 22.3. The van der Waals surface area contributed by atoms with E-state index in [0.717, 1.165) is 45.0 Å². The molecule has 0 atom stereocenters. The van der Waals surface area contributed by atoms with Crippen molar-refractivity contribution in [2.75, 3.05) is 56.4 Å². The van der Waals surface area contributed by atoms with Gasteiger partial charge in [0.15, 0.2) is 0 Å². The fraction of sp³-hybridized carbons (Fsp3) is 0.320. The van der Waals surface area contributed by atoms with Crippen molar-refractivity contribution in [1.29, 1.82) is 0 Å². The molecular weight excluding hydrogens is 386 g/mol. The van der Waals surface area contributed by atoms with E-state index in [0.29, 0.717) is 0 Å². The van der Waals surface area contributed by atoms with Gasteiger partial charge in [-0.15, -0.1) is 0 Å². The van der Waals surface area contributed by atoms with Crippen molar-refractivity contribution in [3.8, 4) is 0 Å². The van der Waals surface area contributed by atoms with E-state index < -0.39 is 0 Å². The molecule has 1 aromatic heterocycles. The molecule has 3 rings (SSSR count). The van der Waals surface area contributed by atoms with Crippen molar-refractivity contribution < 1.29 is 13.6 Å². The number of fused-ring (bicyclic) bond motifs is 1. The van der Waals surface area contributed by atoms with Crippen LogP contribution in [0.3, 0.4) is 0 Å². The lowest BCUT2D eigenvalue weighted by Crippen LogP contribution is -2.40. The molecule has 0 amide bonds. The van der Waals surface area contributed by atoms with E-state index in [-0.39, 0.29) is 0 Å². The molecule has 2 aromatic carbocycles. The molecular formula is C25H33N5O+2. The summed E-state index contributed by atoms with van der Waals surface area (Å²) in [5, 5.41) is 1.87. The molecule has 0 fully saturated rings. The van der Waals surface area contributed by atoms with Crippen molar-refractivity contribution in [2.24, 2.45) is 4.99 Å². The van der Waals surface area contributed by atoms with Gasteiger partial charge in [0.05, 0.1) is 67.4 Å². The zero-order valence-electron chi connectivity index (χ0n) is 19.8. The lowest BCUT2D eigenvalue weighted by atomic mass is 10.1. The third-order valence-electron chi connectivity index (χ3n) is 4.94. The molecule has 6 nitrogen and oxygen atoms in total. The minimum absolute atomic E-state index is 0.779. The fourth-order valence-electron chi connectivity index (χ4n) is 3.92. The first-order valence-corrected chi connectivity index (χ1v) is 10.3. The van der Waals surface area contributed by atoms with E-state index in [1.54, 1.807) is 0 Å². The van der Waals surface area contributed by atoms with E-state index in [9.17, 15) is 0 Å². The molecule has 0 aliphatic carbocycles. The minimum Gasteiger partial charge on any atom is -0.447 e. The Morgan fingerprint density at radius 1 is 0.742 bits per heavy atom. The molecule has 0 unspecified atom stereocenters. The minimum atomic E-state index is 0.779. The Morgan fingerprint density at radius 2 is 1.29 bits per heavy atom. The molecule has 0 saturated carbocycles. The highest BCUT2D eigenvalue weighted by Crippen LogP contribution is 2.20. The second kappa shape index (κ2) is 9.16. The van der Waals surface area contributed by atoms with Gasteiger partial charge in [-0.1, -0.05) is 30.3 Å². The summed E-state index contributed by atoms with van der Waals surface area (Å²) in [5.74, 6) is 2.76. The zero-order valence-corrected chi connectivity index (χ0v) is 19.8. The van der Waals surface area contributed by atoms with Crippen molar-refractivity contribution in [1.82, 2.24) is 9.80 Å². The van der Waals surface area contributed by atoms with Gasteiger partial charge in [-0.3, -0.25) is 19.0 Å². The molecule has 0 N–H and O–H groups in total. The second-order valence-electron chi connectivity index (χ2n) is 8.32. The molecule has 0 spiro atoms. The van der Waals surface area contributed by atoms with E-state index >= 15 is 0 Å². The normalized spacial score (nSPS) is 11.4. The van der Waals surface area contributed by atoms with Crippen LogP contribution >= 0.6 is 0 Å². The summed E-state index contributed by atoms with van der Waals surface area (Å²) in [7, 11) is 16.3. The quantitative estimate of drug-likeness (QED) is 0.372. The van der Waals surface area contributed by atoms with Crippen LogP contribution in [0.1, 0.15) is 11.3 Å². The van der Waals surface area contributed by atoms with Crippen LogP contribution in [0.5, 0.6) is 0 Å². The first-order valence-electron chi connectivity index (χ1n) is 10.3. The van der Waals surface area contributed by atoms with Crippen molar-refractivity contribution in [3.05, 3.63) is 71.3 Å². The van der Waals surface area contributed by atoms with Gasteiger partial charge >= 0.3 is 5.84 Å². The van der Waals surface area contributed by atoms with E-state index in [1.807, 2.05) is 105 Å². The summed E-state index contributed by atoms with van der Waals surface area (Å²) in [4.78, 5) is 9.32. The van der Waals surface area contributed by atoms with Crippen LogP contribution < -0.4 is 5.36 Å². The summed E-state index contributed by atoms with van der Waals surface area (Å²) in [6.45, 7) is 0. The Morgan fingerprint density at radius 3 is 1.84 bits per heavy atom. The number of hydrogen-bond acceptors (Lipinski definition) is 2. The van der Waals surface area contributed by atoms with Gasteiger partial charge in [0.2, 0.25) is 5.76 Å². The average Bonchev–Trinajstić information content (AvgIpc) is 2.70. The van der Waals surface area contributed by atoms with Crippen LogP contribution in [0, 0.1) is 0 Å². The van der Waals surface area contributed by atoms with Gasteiger partial charge in [0.1, 0.15) is 11.1 Å². The summed E-state index contributed by atoms with van der Waals surface area (Å²) >= 11 is 0. The molecule has 0 aliphatic rings. The summed E-state index contributed by atoms with van der Waals surface area (Å²) in [5.41, 5.74) is 2.66. The van der Waals surface area contributed by atoms with Crippen LogP contribution in [0.15, 0.2) is 64.0 Å². The number of rotatable bonds is 3. The van der Waals surface area contributed by atoms with E-state index in [2.05, 4.69) is 25.0 Å². The number of amidine groups is 2. The maximum absolute atomic E-state index is 6.58.